The molecular formula is C18H17NO. The van der Waals surface area contributed by atoms with E-state index in [1.807, 2.05) is 37.4 Å². The van der Waals surface area contributed by atoms with E-state index in [-0.39, 0.29) is 0 Å². The molecule has 0 atom stereocenters. The highest BCUT2D eigenvalue weighted by molar-refractivity contribution is 5.94. The van der Waals surface area contributed by atoms with Crippen LogP contribution in [0.1, 0.15) is 18.1 Å². The minimum atomic E-state index is 0.331. The zero-order valence-corrected chi connectivity index (χ0v) is 11.7. The molecule has 0 radical (unpaired) electrons. The summed E-state index contributed by atoms with van der Waals surface area (Å²) in [5, 5.41) is 11.0. The van der Waals surface area contributed by atoms with Crippen molar-refractivity contribution in [3.8, 4) is 16.9 Å². The van der Waals surface area contributed by atoms with Gasteiger partial charge in [-0.2, -0.15) is 0 Å². The van der Waals surface area contributed by atoms with Crippen LogP contribution < -0.4 is 0 Å². The largest absolute Gasteiger partial charge is 0.508 e. The highest BCUT2D eigenvalue weighted by Gasteiger charge is 2.07. The lowest BCUT2D eigenvalue weighted by atomic mass is 9.98. The third-order valence-electron chi connectivity index (χ3n) is 3.74. The Labute approximate surface area is 118 Å². The second-order valence-electron chi connectivity index (χ2n) is 5.06. The van der Waals surface area contributed by atoms with E-state index in [4.69, 9.17) is 0 Å². The summed E-state index contributed by atoms with van der Waals surface area (Å²) in [6.45, 7) is 4.04. The van der Waals surface area contributed by atoms with Crippen LogP contribution in [0, 0.1) is 6.92 Å². The molecule has 3 rings (SSSR count). The molecule has 0 amide bonds. The van der Waals surface area contributed by atoms with Gasteiger partial charge in [0.05, 0.1) is 5.52 Å². The monoisotopic (exact) mass is 263 g/mol. The van der Waals surface area contributed by atoms with Gasteiger partial charge in [0.15, 0.2) is 0 Å². The first kappa shape index (κ1) is 12.7. The first-order valence-corrected chi connectivity index (χ1v) is 6.86. The standard InChI is InChI=1S/C18H17NO/c1-3-13-5-7-16-15(8-9-19-17(16)10-13)14-6-4-12(2)18(20)11-14/h4-11,20H,3H2,1-2H3. The number of nitrogens with zero attached hydrogens (tertiary/aromatic N) is 1. The number of fused-ring (bicyclic) bond motifs is 1. The number of phenolic OH excluding ortho intramolecular Hbond substituents is 1. The average molecular weight is 263 g/mol. The number of phenols is 1. The highest BCUT2D eigenvalue weighted by atomic mass is 16.3. The maximum atomic E-state index is 9.90. The van der Waals surface area contributed by atoms with Gasteiger partial charge in [-0.1, -0.05) is 31.2 Å². The molecule has 20 heavy (non-hydrogen) atoms. The molecule has 3 aromatic rings. The molecule has 0 spiro atoms. The fourth-order valence-electron chi connectivity index (χ4n) is 2.44. The van der Waals surface area contributed by atoms with Crippen molar-refractivity contribution >= 4 is 10.9 Å². The Hall–Kier alpha value is -2.35. The molecule has 0 aliphatic heterocycles. The number of pyridine rings is 1. The van der Waals surface area contributed by atoms with Gasteiger partial charge in [-0.3, -0.25) is 4.98 Å². The van der Waals surface area contributed by atoms with Crippen LogP contribution >= 0.6 is 0 Å². The third kappa shape index (κ3) is 2.14. The minimum absolute atomic E-state index is 0.331. The van der Waals surface area contributed by atoms with Crippen LogP contribution in [0.5, 0.6) is 5.75 Å². The highest BCUT2D eigenvalue weighted by Crippen LogP contribution is 2.31. The van der Waals surface area contributed by atoms with Crippen molar-refractivity contribution in [2.24, 2.45) is 0 Å². The topological polar surface area (TPSA) is 33.1 Å². The van der Waals surface area contributed by atoms with Crippen LogP contribution in [-0.2, 0) is 6.42 Å². The molecule has 0 fully saturated rings. The molecule has 2 heteroatoms. The molecule has 2 nitrogen and oxygen atoms in total. The van der Waals surface area contributed by atoms with Crippen LogP contribution in [-0.4, -0.2) is 10.1 Å². The van der Waals surface area contributed by atoms with Gasteiger partial charge >= 0.3 is 0 Å². The molecule has 1 aromatic heterocycles. The first-order chi connectivity index (χ1) is 9.69. The maximum Gasteiger partial charge on any atom is 0.119 e. The summed E-state index contributed by atoms with van der Waals surface area (Å²) in [5.74, 6) is 0.331. The van der Waals surface area contributed by atoms with Crippen molar-refractivity contribution in [3.63, 3.8) is 0 Å². The van der Waals surface area contributed by atoms with Gasteiger partial charge in [-0.15, -0.1) is 0 Å². The predicted octanol–water partition coefficient (Wildman–Crippen LogP) is 4.48. The lowest BCUT2D eigenvalue weighted by molar-refractivity contribution is 0.471. The SMILES string of the molecule is CCc1ccc2c(-c3ccc(C)c(O)c3)ccnc2c1. The molecule has 1 heterocycles. The van der Waals surface area contributed by atoms with Gasteiger partial charge in [-0.05, 0) is 53.8 Å². The van der Waals surface area contributed by atoms with E-state index in [0.717, 1.165) is 34.0 Å². The van der Waals surface area contributed by atoms with Crippen molar-refractivity contribution in [1.82, 2.24) is 4.98 Å². The van der Waals surface area contributed by atoms with Gasteiger partial charge in [-0.25, -0.2) is 0 Å². The maximum absolute atomic E-state index is 9.90. The fourth-order valence-corrected chi connectivity index (χ4v) is 2.44. The van der Waals surface area contributed by atoms with E-state index >= 15 is 0 Å². The summed E-state index contributed by atoms with van der Waals surface area (Å²) in [6, 6.07) is 14.2. The second kappa shape index (κ2) is 4.97. The summed E-state index contributed by atoms with van der Waals surface area (Å²) in [7, 11) is 0. The summed E-state index contributed by atoms with van der Waals surface area (Å²) >= 11 is 0. The Bertz CT molecular complexity index is 777. The third-order valence-corrected chi connectivity index (χ3v) is 3.74. The van der Waals surface area contributed by atoms with E-state index in [2.05, 4.69) is 30.1 Å². The lowest BCUT2D eigenvalue weighted by Crippen LogP contribution is -1.87. The molecule has 2 aromatic carbocycles. The Morgan fingerprint density at radius 3 is 2.65 bits per heavy atom. The van der Waals surface area contributed by atoms with Crippen LogP contribution in [0.25, 0.3) is 22.0 Å². The van der Waals surface area contributed by atoms with E-state index in [1.54, 1.807) is 0 Å². The van der Waals surface area contributed by atoms with Crippen LogP contribution in [0.3, 0.4) is 0 Å². The zero-order chi connectivity index (χ0) is 14.1. The molecule has 0 saturated heterocycles. The molecule has 0 bridgehead atoms. The molecule has 0 unspecified atom stereocenters. The number of benzene rings is 2. The lowest BCUT2D eigenvalue weighted by Gasteiger charge is -2.09. The van der Waals surface area contributed by atoms with Crippen molar-refractivity contribution in [2.75, 3.05) is 0 Å². The Morgan fingerprint density at radius 2 is 1.90 bits per heavy atom. The van der Waals surface area contributed by atoms with Gasteiger partial charge < -0.3 is 5.11 Å². The van der Waals surface area contributed by atoms with Crippen molar-refractivity contribution < 1.29 is 5.11 Å². The molecule has 0 aliphatic rings. The quantitative estimate of drug-likeness (QED) is 0.739. The van der Waals surface area contributed by atoms with E-state index in [9.17, 15) is 5.11 Å². The predicted molar refractivity (Wildman–Crippen MR) is 83.0 cm³/mol. The van der Waals surface area contributed by atoms with E-state index < -0.39 is 0 Å². The van der Waals surface area contributed by atoms with Crippen molar-refractivity contribution in [1.29, 1.82) is 0 Å². The molecule has 0 saturated carbocycles. The minimum Gasteiger partial charge on any atom is -0.508 e. The Kier molecular flexibility index (Phi) is 3.15. The number of hydrogen-bond acceptors (Lipinski definition) is 2. The van der Waals surface area contributed by atoms with E-state index in [1.165, 1.54) is 5.56 Å². The van der Waals surface area contributed by atoms with Gasteiger partial charge in [0.25, 0.3) is 0 Å². The number of aromatic nitrogens is 1. The Balaban J connectivity index is 2.22. The van der Waals surface area contributed by atoms with E-state index in [0.29, 0.717) is 5.75 Å². The van der Waals surface area contributed by atoms with Crippen molar-refractivity contribution in [2.45, 2.75) is 20.3 Å². The smallest absolute Gasteiger partial charge is 0.119 e. The normalized spacial score (nSPS) is 10.9. The van der Waals surface area contributed by atoms with Gasteiger partial charge in [0, 0.05) is 11.6 Å². The van der Waals surface area contributed by atoms with Gasteiger partial charge in [0.1, 0.15) is 5.75 Å². The second-order valence-corrected chi connectivity index (χ2v) is 5.06. The van der Waals surface area contributed by atoms with Crippen molar-refractivity contribution in [3.05, 3.63) is 59.8 Å². The first-order valence-electron chi connectivity index (χ1n) is 6.86. The van der Waals surface area contributed by atoms with Crippen LogP contribution in [0.15, 0.2) is 48.7 Å². The molecule has 1 N–H and O–H groups in total. The summed E-state index contributed by atoms with van der Waals surface area (Å²) in [4.78, 5) is 4.45. The van der Waals surface area contributed by atoms with Crippen LogP contribution in [0.2, 0.25) is 0 Å². The number of rotatable bonds is 2. The number of aromatic hydroxyl groups is 1. The molecule has 0 aliphatic carbocycles. The fraction of sp³-hybridized carbons (Fsp3) is 0.167. The Morgan fingerprint density at radius 1 is 1.05 bits per heavy atom. The number of hydrogen-bond donors (Lipinski definition) is 1. The van der Waals surface area contributed by atoms with Gasteiger partial charge in [0.2, 0.25) is 0 Å². The average Bonchev–Trinajstić information content (AvgIpc) is 2.49. The summed E-state index contributed by atoms with van der Waals surface area (Å²) < 4.78 is 0. The summed E-state index contributed by atoms with van der Waals surface area (Å²) in [6.07, 6.45) is 2.83. The number of aryl methyl sites for hydroxylation is 2. The molecule has 100 valence electrons. The molecular weight excluding hydrogens is 246 g/mol. The summed E-state index contributed by atoms with van der Waals surface area (Å²) in [5.41, 5.74) is 5.30. The van der Waals surface area contributed by atoms with Crippen LogP contribution in [0.4, 0.5) is 0 Å². The zero-order valence-electron chi connectivity index (χ0n) is 11.7.